The molecule has 0 radical (unpaired) electrons. The van der Waals surface area contributed by atoms with Crippen LogP contribution < -0.4 is 4.43 Å². The number of carbonyl (C=O) groups is 1. The van der Waals surface area contributed by atoms with Gasteiger partial charge in [0.2, 0.25) is 16.6 Å². The highest BCUT2D eigenvalue weighted by molar-refractivity contribution is 6.71. The minimum Gasteiger partial charge on any atom is -0.544 e. The van der Waals surface area contributed by atoms with Crippen molar-refractivity contribution in [1.29, 1.82) is 0 Å². The number of para-hydroxylation sites is 1. The molecule has 0 spiro atoms. The SMILES string of the molecule is C[Si](C)(C)OC(=O)c1ccccc1O[Si](C)(C)C. The molecule has 1 aromatic rings. The lowest BCUT2D eigenvalue weighted by Crippen LogP contribution is -2.32. The predicted octanol–water partition coefficient (Wildman–Crippen LogP) is 3.89. The Morgan fingerprint density at radius 3 is 2.00 bits per heavy atom. The molecule has 0 unspecified atom stereocenters. The summed E-state index contributed by atoms with van der Waals surface area (Å²) in [5, 5.41) is 0. The Labute approximate surface area is 111 Å². The van der Waals surface area contributed by atoms with Gasteiger partial charge in [0.1, 0.15) is 5.75 Å². The van der Waals surface area contributed by atoms with Crippen LogP contribution >= 0.6 is 0 Å². The number of benzene rings is 1. The molecule has 0 saturated carbocycles. The Kier molecular flexibility index (Phi) is 4.39. The first-order valence-electron chi connectivity index (χ1n) is 6.10. The van der Waals surface area contributed by atoms with E-state index < -0.39 is 16.6 Å². The Hall–Kier alpha value is -1.08. The predicted molar refractivity (Wildman–Crippen MR) is 79.2 cm³/mol. The van der Waals surface area contributed by atoms with E-state index in [4.69, 9.17) is 8.85 Å². The molecule has 0 bridgehead atoms. The van der Waals surface area contributed by atoms with Crippen molar-refractivity contribution in [3.63, 3.8) is 0 Å². The van der Waals surface area contributed by atoms with Crippen LogP contribution in [0.15, 0.2) is 24.3 Å². The number of hydrogen-bond donors (Lipinski definition) is 0. The summed E-state index contributed by atoms with van der Waals surface area (Å²) in [7, 11) is -3.61. The molecule has 3 nitrogen and oxygen atoms in total. The molecular formula is C13H22O3Si2. The molecule has 18 heavy (non-hydrogen) atoms. The normalized spacial score (nSPS) is 12.1. The Balaban J connectivity index is 2.99. The molecule has 0 aliphatic carbocycles. The first-order valence-corrected chi connectivity index (χ1v) is 12.9. The summed E-state index contributed by atoms with van der Waals surface area (Å²) in [6, 6.07) is 7.30. The first kappa shape index (κ1) is 15.0. The van der Waals surface area contributed by atoms with Gasteiger partial charge in [0.25, 0.3) is 0 Å². The third-order valence-electron chi connectivity index (χ3n) is 1.92. The maximum atomic E-state index is 12.1. The molecule has 1 rings (SSSR count). The summed E-state index contributed by atoms with van der Waals surface area (Å²) in [6.45, 7) is 12.3. The third kappa shape index (κ3) is 5.06. The lowest BCUT2D eigenvalue weighted by Gasteiger charge is -2.23. The van der Waals surface area contributed by atoms with Crippen LogP contribution in [-0.2, 0) is 4.43 Å². The van der Waals surface area contributed by atoms with Crippen LogP contribution in [0, 0.1) is 0 Å². The molecule has 0 saturated heterocycles. The van der Waals surface area contributed by atoms with Crippen molar-refractivity contribution in [2.45, 2.75) is 39.3 Å². The topological polar surface area (TPSA) is 35.5 Å². The van der Waals surface area contributed by atoms with Gasteiger partial charge >= 0.3 is 5.97 Å². The summed E-state index contributed by atoms with van der Waals surface area (Å²) in [4.78, 5) is 12.1. The molecule has 5 heteroatoms. The summed E-state index contributed by atoms with van der Waals surface area (Å²) in [5.74, 6) is 0.364. The smallest absolute Gasteiger partial charge is 0.328 e. The van der Waals surface area contributed by atoms with Crippen LogP contribution in [0.3, 0.4) is 0 Å². The number of carbonyl (C=O) groups excluding carboxylic acids is 1. The standard InChI is InChI=1S/C13H22O3Si2/c1-17(2,3)15-12-10-8-7-9-11(12)13(14)16-18(4,5)6/h7-10H,1-6H3. The number of rotatable bonds is 4. The van der Waals surface area contributed by atoms with Crippen molar-refractivity contribution >= 4 is 22.6 Å². The first-order chi connectivity index (χ1) is 8.08. The number of hydrogen-bond acceptors (Lipinski definition) is 3. The quantitative estimate of drug-likeness (QED) is 0.786. The average molecular weight is 282 g/mol. The summed E-state index contributed by atoms with van der Waals surface area (Å²) < 4.78 is 11.4. The van der Waals surface area contributed by atoms with Gasteiger partial charge in [-0.05, 0) is 51.4 Å². The molecule has 0 atom stereocenters. The lowest BCUT2D eigenvalue weighted by atomic mass is 10.2. The third-order valence-corrected chi connectivity index (χ3v) is 3.55. The molecule has 1 aromatic carbocycles. The van der Waals surface area contributed by atoms with Crippen LogP contribution in [0.4, 0.5) is 0 Å². The summed E-state index contributed by atoms with van der Waals surface area (Å²) in [5.41, 5.74) is 0.530. The van der Waals surface area contributed by atoms with Gasteiger partial charge in [-0.25, -0.2) is 4.79 Å². The van der Waals surface area contributed by atoms with Gasteiger partial charge in [0, 0.05) is 0 Å². The van der Waals surface area contributed by atoms with E-state index in [2.05, 4.69) is 19.6 Å². The molecule has 0 heterocycles. The second-order valence-electron chi connectivity index (χ2n) is 6.21. The van der Waals surface area contributed by atoms with E-state index in [-0.39, 0.29) is 5.97 Å². The van der Waals surface area contributed by atoms with E-state index >= 15 is 0 Å². The molecule has 0 aliphatic heterocycles. The molecule has 0 aromatic heterocycles. The maximum absolute atomic E-state index is 12.1. The van der Waals surface area contributed by atoms with E-state index in [0.717, 1.165) is 0 Å². The highest BCUT2D eigenvalue weighted by atomic mass is 28.4. The fraction of sp³-hybridized carbons (Fsp3) is 0.462. The van der Waals surface area contributed by atoms with Gasteiger partial charge in [-0.15, -0.1) is 0 Å². The van der Waals surface area contributed by atoms with Crippen molar-refractivity contribution in [3.8, 4) is 5.75 Å². The van der Waals surface area contributed by atoms with E-state index in [1.807, 2.05) is 37.8 Å². The average Bonchev–Trinajstić information content (AvgIpc) is 2.12. The fourth-order valence-corrected chi connectivity index (χ4v) is 2.89. The molecular weight excluding hydrogens is 260 g/mol. The van der Waals surface area contributed by atoms with Gasteiger partial charge < -0.3 is 8.85 Å². The van der Waals surface area contributed by atoms with Gasteiger partial charge in [0.05, 0.1) is 5.56 Å². The largest absolute Gasteiger partial charge is 0.544 e. The van der Waals surface area contributed by atoms with Crippen molar-refractivity contribution in [1.82, 2.24) is 0 Å². The van der Waals surface area contributed by atoms with Gasteiger partial charge in [-0.3, -0.25) is 0 Å². The second-order valence-corrected chi connectivity index (χ2v) is 15.1. The van der Waals surface area contributed by atoms with Crippen LogP contribution in [0.1, 0.15) is 10.4 Å². The minimum absolute atomic E-state index is 0.275. The van der Waals surface area contributed by atoms with Crippen molar-refractivity contribution in [2.75, 3.05) is 0 Å². The Morgan fingerprint density at radius 1 is 0.944 bits per heavy atom. The molecule has 100 valence electrons. The molecule has 0 aliphatic rings. The highest BCUT2D eigenvalue weighted by Crippen LogP contribution is 2.23. The van der Waals surface area contributed by atoms with E-state index in [0.29, 0.717) is 11.3 Å². The molecule has 0 N–H and O–H groups in total. The van der Waals surface area contributed by atoms with E-state index in [1.54, 1.807) is 6.07 Å². The van der Waals surface area contributed by atoms with Crippen LogP contribution in [-0.4, -0.2) is 22.6 Å². The molecule has 0 fully saturated rings. The maximum Gasteiger partial charge on any atom is 0.328 e. The van der Waals surface area contributed by atoms with Crippen LogP contribution in [0.25, 0.3) is 0 Å². The van der Waals surface area contributed by atoms with Gasteiger partial charge in [-0.1, -0.05) is 12.1 Å². The van der Waals surface area contributed by atoms with Crippen LogP contribution in [0.5, 0.6) is 5.75 Å². The summed E-state index contributed by atoms with van der Waals surface area (Å²) in [6.07, 6.45) is 0. The van der Waals surface area contributed by atoms with Crippen molar-refractivity contribution in [3.05, 3.63) is 29.8 Å². The van der Waals surface area contributed by atoms with Gasteiger partial charge in [0.15, 0.2) is 0 Å². The van der Waals surface area contributed by atoms with E-state index in [1.165, 1.54) is 0 Å². The van der Waals surface area contributed by atoms with Crippen molar-refractivity contribution < 1.29 is 13.6 Å². The van der Waals surface area contributed by atoms with Crippen LogP contribution in [0.2, 0.25) is 39.3 Å². The lowest BCUT2D eigenvalue weighted by molar-refractivity contribution is 0.0722. The monoisotopic (exact) mass is 282 g/mol. The molecule has 0 amide bonds. The summed E-state index contributed by atoms with van der Waals surface area (Å²) >= 11 is 0. The zero-order valence-corrected chi connectivity index (χ0v) is 14.0. The zero-order chi connectivity index (χ0) is 14.0. The van der Waals surface area contributed by atoms with E-state index in [9.17, 15) is 4.79 Å². The zero-order valence-electron chi connectivity index (χ0n) is 12.0. The minimum atomic E-state index is -1.88. The van der Waals surface area contributed by atoms with Crippen molar-refractivity contribution in [2.24, 2.45) is 0 Å². The fourth-order valence-electron chi connectivity index (χ4n) is 1.39. The second kappa shape index (κ2) is 5.28. The Bertz CT molecular complexity index is 431. The highest BCUT2D eigenvalue weighted by Gasteiger charge is 2.25. The van der Waals surface area contributed by atoms with Gasteiger partial charge in [-0.2, -0.15) is 0 Å². The Morgan fingerprint density at radius 2 is 1.50 bits per heavy atom.